The Kier molecular flexibility index (Phi) is 5.39. The van der Waals surface area contributed by atoms with Crippen LogP contribution in [0.3, 0.4) is 0 Å². The number of hydrogen-bond donors (Lipinski definition) is 2. The third-order valence-electron chi connectivity index (χ3n) is 2.97. The maximum absolute atomic E-state index is 6.19. The van der Waals surface area contributed by atoms with Crippen LogP contribution in [-0.4, -0.2) is 29.0 Å². The van der Waals surface area contributed by atoms with E-state index < -0.39 is 0 Å². The maximum Gasteiger partial charge on any atom is 0.130 e. The number of rotatable bonds is 6. The third kappa shape index (κ3) is 3.67. The minimum absolute atomic E-state index is 0.130. The summed E-state index contributed by atoms with van der Waals surface area (Å²) < 4.78 is 6.92. The van der Waals surface area contributed by atoms with Gasteiger partial charge in [-0.25, -0.2) is 0 Å². The summed E-state index contributed by atoms with van der Waals surface area (Å²) in [5.41, 5.74) is 4.79. The van der Waals surface area contributed by atoms with Crippen molar-refractivity contribution in [3.8, 4) is 0 Å². The van der Waals surface area contributed by atoms with Crippen molar-refractivity contribution in [2.24, 2.45) is 12.9 Å². The number of hydrogen-bond acceptors (Lipinski definition) is 4. The van der Waals surface area contributed by atoms with Crippen LogP contribution >= 0.6 is 11.6 Å². The van der Waals surface area contributed by atoms with E-state index in [4.69, 9.17) is 22.2 Å². The number of hydrazine groups is 1. The molecule has 0 aliphatic heterocycles. The lowest BCUT2D eigenvalue weighted by atomic mass is 10.0. The molecule has 0 bridgehead atoms. The Labute approximate surface area is 107 Å². The molecule has 0 radical (unpaired) electrons. The Balaban J connectivity index is 2.73. The van der Waals surface area contributed by atoms with E-state index in [0.29, 0.717) is 5.15 Å². The van der Waals surface area contributed by atoms with Crippen LogP contribution in [0.5, 0.6) is 0 Å². The normalized spacial score (nSPS) is 14.9. The van der Waals surface area contributed by atoms with Crippen LogP contribution in [0.1, 0.15) is 24.6 Å². The van der Waals surface area contributed by atoms with Gasteiger partial charge in [0, 0.05) is 25.8 Å². The smallest absolute Gasteiger partial charge is 0.130 e. The molecule has 98 valence electrons. The van der Waals surface area contributed by atoms with Gasteiger partial charge in [-0.05, 0) is 26.7 Å². The molecule has 0 saturated heterocycles. The van der Waals surface area contributed by atoms with Crippen molar-refractivity contribution in [3.63, 3.8) is 0 Å². The molecule has 1 aromatic rings. The standard InChI is InChI=1S/C11H21ClN4O/c1-7(17-4)5-9(14-13)6-10-8(2)15-16(3)11(10)12/h7,9,14H,5-6,13H2,1-4H3. The molecular weight excluding hydrogens is 240 g/mol. The lowest BCUT2D eigenvalue weighted by Crippen LogP contribution is -2.39. The molecule has 2 unspecified atom stereocenters. The fourth-order valence-corrected chi connectivity index (χ4v) is 2.11. The molecule has 5 nitrogen and oxygen atoms in total. The van der Waals surface area contributed by atoms with E-state index in [1.54, 1.807) is 11.8 Å². The number of nitrogens with one attached hydrogen (secondary N) is 1. The first kappa shape index (κ1) is 14.4. The van der Waals surface area contributed by atoms with Crippen LogP contribution in [0.25, 0.3) is 0 Å². The fourth-order valence-electron chi connectivity index (χ4n) is 1.86. The first-order valence-corrected chi connectivity index (χ1v) is 6.04. The van der Waals surface area contributed by atoms with Gasteiger partial charge in [0.1, 0.15) is 5.15 Å². The van der Waals surface area contributed by atoms with Gasteiger partial charge in [-0.1, -0.05) is 11.6 Å². The monoisotopic (exact) mass is 260 g/mol. The molecule has 1 heterocycles. The molecule has 6 heteroatoms. The van der Waals surface area contributed by atoms with Crippen molar-refractivity contribution in [2.45, 2.75) is 38.8 Å². The van der Waals surface area contributed by atoms with Crippen molar-refractivity contribution in [3.05, 3.63) is 16.4 Å². The molecule has 17 heavy (non-hydrogen) atoms. The van der Waals surface area contributed by atoms with Crippen molar-refractivity contribution in [2.75, 3.05) is 7.11 Å². The molecule has 2 atom stereocenters. The van der Waals surface area contributed by atoms with Crippen LogP contribution < -0.4 is 11.3 Å². The predicted octanol–water partition coefficient (Wildman–Crippen LogP) is 1.18. The molecule has 1 aromatic heterocycles. The Hall–Kier alpha value is -0.620. The number of methoxy groups -OCH3 is 1. The van der Waals surface area contributed by atoms with E-state index in [1.165, 1.54) is 0 Å². The molecule has 0 spiro atoms. The van der Waals surface area contributed by atoms with E-state index in [2.05, 4.69) is 10.5 Å². The van der Waals surface area contributed by atoms with Gasteiger partial charge in [-0.3, -0.25) is 16.0 Å². The third-order valence-corrected chi connectivity index (χ3v) is 3.45. The molecular formula is C11H21ClN4O. The summed E-state index contributed by atoms with van der Waals surface area (Å²) in [6.45, 7) is 3.97. The van der Waals surface area contributed by atoms with Gasteiger partial charge in [-0.15, -0.1) is 0 Å². The van der Waals surface area contributed by atoms with Crippen LogP contribution in [-0.2, 0) is 18.2 Å². The second-order valence-corrected chi connectivity index (χ2v) is 4.69. The number of halogens is 1. The van der Waals surface area contributed by atoms with E-state index in [0.717, 1.165) is 24.1 Å². The van der Waals surface area contributed by atoms with Gasteiger partial charge >= 0.3 is 0 Å². The minimum Gasteiger partial charge on any atom is -0.382 e. The van der Waals surface area contributed by atoms with E-state index in [1.807, 2.05) is 20.9 Å². The first-order valence-electron chi connectivity index (χ1n) is 5.66. The minimum atomic E-state index is 0.130. The van der Waals surface area contributed by atoms with Crippen LogP contribution in [0, 0.1) is 6.92 Å². The van der Waals surface area contributed by atoms with Gasteiger partial charge in [0.05, 0.1) is 11.8 Å². The van der Waals surface area contributed by atoms with Gasteiger partial charge < -0.3 is 4.74 Å². The average molecular weight is 261 g/mol. The number of nitrogens with zero attached hydrogens (tertiary/aromatic N) is 2. The molecule has 0 aromatic carbocycles. The average Bonchev–Trinajstić information content (AvgIpc) is 2.54. The zero-order valence-electron chi connectivity index (χ0n) is 10.8. The summed E-state index contributed by atoms with van der Waals surface area (Å²) in [6, 6.07) is 0.130. The first-order chi connectivity index (χ1) is 7.99. The molecule has 0 saturated carbocycles. The van der Waals surface area contributed by atoms with Gasteiger partial charge in [0.25, 0.3) is 0 Å². The van der Waals surface area contributed by atoms with Crippen LogP contribution in [0.4, 0.5) is 0 Å². The highest BCUT2D eigenvalue weighted by Crippen LogP contribution is 2.21. The molecule has 3 N–H and O–H groups in total. The number of nitrogens with two attached hydrogens (primary N) is 1. The van der Waals surface area contributed by atoms with Gasteiger partial charge in [0.2, 0.25) is 0 Å². The second kappa shape index (κ2) is 6.35. The zero-order valence-corrected chi connectivity index (χ0v) is 11.6. The summed E-state index contributed by atoms with van der Waals surface area (Å²) in [5, 5.41) is 4.96. The summed E-state index contributed by atoms with van der Waals surface area (Å²) in [7, 11) is 3.53. The van der Waals surface area contributed by atoms with Crippen LogP contribution in [0.15, 0.2) is 0 Å². The Morgan fingerprint density at radius 3 is 2.65 bits per heavy atom. The molecule has 0 aliphatic rings. The Morgan fingerprint density at radius 2 is 2.24 bits per heavy atom. The molecule has 0 aliphatic carbocycles. The molecule has 1 rings (SSSR count). The Bertz CT molecular complexity index is 367. The maximum atomic E-state index is 6.19. The fraction of sp³-hybridized carbons (Fsp3) is 0.727. The summed E-state index contributed by atoms with van der Waals surface area (Å²) >= 11 is 6.19. The van der Waals surface area contributed by atoms with Gasteiger partial charge in [0.15, 0.2) is 0 Å². The quantitative estimate of drug-likeness (QED) is 0.596. The number of ether oxygens (including phenoxy) is 1. The lowest BCUT2D eigenvalue weighted by Gasteiger charge is -2.19. The van der Waals surface area contributed by atoms with Gasteiger partial charge in [-0.2, -0.15) is 5.10 Å². The van der Waals surface area contributed by atoms with E-state index >= 15 is 0 Å². The SMILES string of the molecule is COC(C)CC(Cc1c(C)nn(C)c1Cl)NN. The largest absolute Gasteiger partial charge is 0.382 e. The summed E-state index contributed by atoms with van der Waals surface area (Å²) in [6.07, 6.45) is 1.74. The highest BCUT2D eigenvalue weighted by atomic mass is 35.5. The highest BCUT2D eigenvalue weighted by molar-refractivity contribution is 6.30. The second-order valence-electron chi connectivity index (χ2n) is 4.33. The highest BCUT2D eigenvalue weighted by Gasteiger charge is 2.18. The summed E-state index contributed by atoms with van der Waals surface area (Å²) in [5.74, 6) is 5.55. The predicted molar refractivity (Wildman–Crippen MR) is 68.9 cm³/mol. The van der Waals surface area contributed by atoms with E-state index in [-0.39, 0.29) is 12.1 Å². The summed E-state index contributed by atoms with van der Waals surface area (Å²) in [4.78, 5) is 0. The number of aryl methyl sites for hydroxylation is 2. The van der Waals surface area contributed by atoms with Crippen molar-refractivity contribution in [1.82, 2.24) is 15.2 Å². The topological polar surface area (TPSA) is 65.1 Å². The Morgan fingerprint density at radius 1 is 1.59 bits per heavy atom. The van der Waals surface area contributed by atoms with E-state index in [9.17, 15) is 0 Å². The van der Waals surface area contributed by atoms with Crippen LogP contribution in [0.2, 0.25) is 5.15 Å². The molecule has 0 amide bonds. The van der Waals surface area contributed by atoms with Crippen molar-refractivity contribution < 1.29 is 4.74 Å². The zero-order chi connectivity index (χ0) is 13.0. The molecule has 0 fully saturated rings. The van der Waals surface area contributed by atoms with Crippen molar-refractivity contribution >= 4 is 11.6 Å². The number of aromatic nitrogens is 2. The lowest BCUT2D eigenvalue weighted by molar-refractivity contribution is 0.100. The van der Waals surface area contributed by atoms with Crippen molar-refractivity contribution in [1.29, 1.82) is 0 Å².